The van der Waals surface area contributed by atoms with E-state index in [4.69, 9.17) is 5.11 Å². The number of hydrogen-bond acceptors (Lipinski definition) is 5. The lowest BCUT2D eigenvalue weighted by atomic mass is 10.2. The third-order valence-electron chi connectivity index (χ3n) is 4.26. The van der Waals surface area contributed by atoms with E-state index >= 15 is 0 Å². The summed E-state index contributed by atoms with van der Waals surface area (Å²) < 4.78 is 0. The fraction of sp³-hybridized carbons (Fsp3) is 0.421. The predicted octanol–water partition coefficient (Wildman–Crippen LogP) is 2.51. The molecule has 1 aliphatic heterocycles. The highest BCUT2D eigenvalue weighted by Gasteiger charge is 2.17. The van der Waals surface area contributed by atoms with E-state index in [1.54, 1.807) is 11.3 Å². The molecule has 5 heteroatoms. The molecule has 0 saturated carbocycles. The van der Waals surface area contributed by atoms with E-state index < -0.39 is 0 Å². The van der Waals surface area contributed by atoms with Crippen molar-refractivity contribution in [2.45, 2.75) is 19.9 Å². The summed E-state index contributed by atoms with van der Waals surface area (Å²) >= 11 is 1.75. The number of thiophene rings is 1. The highest BCUT2D eigenvalue weighted by Crippen LogP contribution is 2.21. The summed E-state index contributed by atoms with van der Waals surface area (Å²) in [5.74, 6) is 5.68. The van der Waals surface area contributed by atoms with Gasteiger partial charge in [0.15, 0.2) is 0 Å². The lowest BCUT2D eigenvalue weighted by molar-refractivity contribution is 0.288. The zero-order chi connectivity index (χ0) is 16.8. The highest BCUT2D eigenvalue weighted by molar-refractivity contribution is 7.10. The Morgan fingerprint density at radius 3 is 3.04 bits per heavy atom. The van der Waals surface area contributed by atoms with Gasteiger partial charge >= 0.3 is 0 Å². The minimum Gasteiger partial charge on any atom is -0.384 e. The van der Waals surface area contributed by atoms with E-state index in [1.807, 2.05) is 12.4 Å². The lowest BCUT2D eigenvalue weighted by Gasteiger charge is -2.24. The van der Waals surface area contributed by atoms with Crippen LogP contribution in [0, 0.1) is 18.8 Å². The summed E-state index contributed by atoms with van der Waals surface area (Å²) in [6, 6.07) is 4.26. The maximum absolute atomic E-state index is 8.78. The molecule has 2 aromatic rings. The Balaban J connectivity index is 1.59. The first-order valence-electron chi connectivity index (χ1n) is 8.31. The Labute approximate surface area is 147 Å². The number of nitrogens with zero attached hydrogens (tertiary/aromatic N) is 3. The molecule has 0 aromatic carbocycles. The van der Waals surface area contributed by atoms with Crippen molar-refractivity contribution in [3.05, 3.63) is 45.9 Å². The maximum Gasteiger partial charge on any atom is 0.104 e. The molecule has 1 saturated heterocycles. The van der Waals surface area contributed by atoms with Crippen molar-refractivity contribution in [1.29, 1.82) is 0 Å². The standard InChI is InChI=1S/C19H23N3OS/c1-16-13-20-6-5-19(16)22-8-3-7-21(9-10-22)14-18-12-17(15-24-18)4-2-11-23/h5-6,12-13,15,23H,3,7-11,14H2,1H3. The van der Waals surface area contributed by atoms with Crippen LogP contribution in [-0.2, 0) is 6.54 Å². The van der Waals surface area contributed by atoms with Gasteiger partial charge in [-0.2, -0.15) is 0 Å². The fourth-order valence-electron chi connectivity index (χ4n) is 3.08. The van der Waals surface area contributed by atoms with Gasteiger partial charge in [0.2, 0.25) is 0 Å². The van der Waals surface area contributed by atoms with Crippen LogP contribution in [0.2, 0.25) is 0 Å². The van der Waals surface area contributed by atoms with Crippen LogP contribution in [0.15, 0.2) is 29.9 Å². The third-order valence-corrected chi connectivity index (χ3v) is 5.19. The summed E-state index contributed by atoms with van der Waals surface area (Å²) in [7, 11) is 0. The van der Waals surface area contributed by atoms with Crippen molar-refractivity contribution < 1.29 is 5.11 Å². The minimum atomic E-state index is -0.0818. The van der Waals surface area contributed by atoms with Crippen molar-refractivity contribution in [3.8, 4) is 11.8 Å². The van der Waals surface area contributed by atoms with Gasteiger partial charge in [-0.05, 0) is 31.0 Å². The molecule has 0 unspecified atom stereocenters. The van der Waals surface area contributed by atoms with Crippen LogP contribution in [0.4, 0.5) is 5.69 Å². The van der Waals surface area contributed by atoms with Gasteiger partial charge in [-0.15, -0.1) is 11.3 Å². The van der Waals surface area contributed by atoms with E-state index in [1.165, 1.54) is 22.5 Å². The molecule has 2 aromatic heterocycles. The van der Waals surface area contributed by atoms with Gasteiger partial charge in [0.05, 0.1) is 0 Å². The second kappa shape index (κ2) is 8.29. The maximum atomic E-state index is 8.78. The first-order chi connectivity index (χ1) is 11.8. The normalized spacial score (nSPS) is 15.7. The van der Waals surface area contributed by atoms with Gasteiger partial charge in [-0.3, -0.25) is 9.88 Å². The Morgan fingerprint density at radius 1 is 1.29 bits per heavy atom. The number of aromatic nitrogens is 1. The summed E-state index contributed by atoms with van der Waals surface area (Å²) in [6.07, 6.45) is 4.99. The van der Waals surface area contributed by atoms with Crippen molar-refractivity contribution in [2.24, 2.45) is 0 Å². The van der Waals surface area contributed by atoms with Crippen LogP contribution in [-0.4, -0.2) is 47.8 Å². The molecule has 0 bridgehead atoms. The van der Waals surface area contributed by atoms with Gasteiger partial charge < -0.3 is 10.0 Å². The number of aliphatic hydroxyl groups is 1. The second-order valence-electron chi connectivity index (χ2n) is 6.04. The molecule has 0 amide bonds. The zero-order valence-corrected chi connectivity index (χ0v) is 14.9. The average molecular weight is 341 g/mol. The summed E-state index contributed by atoms with van der Waals surface area (Å²) in [4.78, 5) is 10.5. The smallest absolute Gasteiger partial charge is 0.104 e. The average Bonchev–Trinajstić information content (AvgIpc) is 2.90. The third kappa shape index (κ3) is 4.35. The van der Waals surface area contributed by atoms with Gasteiger partial charge in [0.1, 0.15) is 6.61 Å². The molecule has 1 N–H and O–H groups in total. The molecule has 4 nitrogen and oxygen atoms in total. The summed E-state index contributed by atoms with van der Waals surface area (Å²) in [5.41, 5.74) is 3.56. The van der Waals surface area contributed by atoms with Crippen LogP contribution in [0.1, 0.15) is 22.4 Å². The quantitative estimate of drug-likeness (QED) is 0.871. The zero-order valence-electron chi connectivity index (χ0n) is 14.0. The summed E-state index contributed by atoms with van der Waals surface area (Å²) in [5, 5.41) is 10.8. The number of rotatable bonds is 3. The number of hydrogen-bond donors (Lipinski definition) is 1. The van der Waals surface area contributed by atoms with Gasteiger partial charge in [0, 0.05) is 66.6 Å². The minimum absolute atomic E-state index is 0.0818. The lowest BCUT2D eigenvalue weighted by Crippen LogP contribution is -2.30. The van der Waals surface area contributed by atoms with E-state index in [-0.39, 0.29) is 6.61 Å². The number of aryl methyl sites for hydroxylation is 1. The Bertz CT molecular complexity index is 731. The molecule has 0 atom stereocenters. The first-order valence-corrected chi connectivity index (χ1v) is 9.19. The number of aliphatic hydroxyl groups excluding tert-OH is 1. The van der Waals surface area contributed by atoms with Crippen LogP contribution in [0.5, 0.6) is 0 Å². The van der Waals surface area contributed by atoms with Gasteiger partial charge in [-0.25, -0.2) is 0 Å². The fourth-order valence-corrected chi connectivity index (χ4v) is 3.94. The molecule has 24 heavy (non-hydrogen) atoms. The highest BCUT2D eigenvalue weighted by atomic mass is 32.1. The van der Waals surface area contributed by atoms with E-state index in [0.717, 1.165) is 38.3 Å². The molecule has 0 radical (unpaired) electrons. The van der Waals surface area contributed by atoms with Crippen molar-refractivity contribution >= 4 is 17.0 Å². The Morgan fingerprint density at radius 2 is 2.21 bits per heavy atom. The molecule has 0 aliphatic carbocycles. The van der Waals surface area contributed by atoms with E-state index in [2.05, 4.69) is 51.1 Å². The van der Waals surface area contributed by atoms with Crippen LogP contribution in [0.3, 0.4) is 0 Å². The van der Waals surface area contributed by atoms with Crippen LogP contribution in [0.25, 0.3) is 0 Å². The van der Waals surface area contributed by atoms with Crippen LogP contribution >= 0.6 is 11.3 Å². The van der Waals surface area contributed by atoms with Crippen molar-refractivity contribution in [2.75, 3.05) is 37.7 Å². The SMILES string of the molecule is Cc1cnccc1N1CCCN(Cc2cc(C#CCO)cs2)CC1. The van der Waals surface area contributed by atoms with E-state index in [9.17, 15) is 0 Å². The predicted molar refractivity (Wildman–Crippen MR) is 99.4 cm³/mol. The second-order valence-corrected chi connectivity index (χ2v) is 7.04. The Hall–Kier alpha value is -1.87. The van der Waals surface area contributed by atoms with E-state index in [0.29, 0.717) is 0 Å². The molecule has 3 heterocycles. The molecule has 3 rings (SSSR count). The first kappa shape index (κ1) is 17.0. The largest absolute Gasteiger partial charge is 0.384 e. The van der Waals surface area contributed by atoms with Gasteiger partial charge in [0.25, 0.3) is 0 Å². The monoisotopic (exact) mass is 341 g/mol. The van der Waals surface area contributed by atoms with Crippen molar-refractivity contribution in [1.82, 2.24) is 9.88 Å². The number of anilines is 1. The number of pyridine rings is 1. The van der Waals surface area contributed by atoms with Crippen molar-refractivity contribution in [3.63, 3.8) is 0 Å². The molecular weight excluding hydrogens is 318 g/mol. The molecule has 1 fully saturated rings. The van der Waals surface area contributed by atoms with Gasteiger partial charge in [-0.1, -0.05) is 11.8 Å². The topological polar surface area (TPSA) is 39.6 Å². The molecular formula is C19H23N3OS. The van der Waals surface area contributed by atoms with Crippen LogP contribution < -0.4 is 4.90 Å². The molecule has 0 spiro atoms. The molecule has 1 aliphatic rings. The summed E-state index contributed by atoms with van der Waals surface area (Å²) in [6.45, 7) is 7.36. The molecule has 126 valence electrons. The Kier molecular flexibility index (Phi) is 5.86.